The molecule has 0 spiro atoms. The van der Waals surface area contributed by atoms with Gasteiger partial charge in [0.25, 0.3) is 0 Å². The minimum Gasteiger partial charge on any atom is -0.508 e. The maximum absolute atomic E-state index is 11.8. The number of carboxylic acid groups (broad SMARTS) is 1. The van der Waals surface area contributed by atoms with Crippen molar-refractivity contribution in [3.8, 4) is 11.5 Å². The highest BCUT2D eigenvalue weighted by Gasteiger charge is 2.11. The SMILES string of the molecule is O=C(O)CCCCCCC(=O)c1ccc(O)cc1O. The van der Waals surface area contributed by atoms with Gasteiger partial charge in [-0.25, -0.2) is 0 Å². The predicted octanol–water partition coefficient (Wildman–Crippen LogP) is 2.71. The molecule has 0 bridgehead atoms. The first-order chi connectivity index (χ1) is 9.00. The number of carbonyl (C=O) groups excluding carboxylic acids is 1. The number of hydrogen-bond donors (Lipinski definition) is 3. The number of aromatic hydroxyl groups is 2. The van der Waals surface area contributed by atoms with E-state index in [2.05, 4.69) is 0 Å². The molecular formula is C14H18O5. The van der Waals surface area contributed by atoms with E-state index < -0.39 is 5.97 Å². The third-order valence-corrected chi connectivity index (χ3v) is 2.83. The summed E-state index contributed by atoms with van der Waals surface area (Å²) in [5, 5.41) is 27.1. The van der Waals surface area contributed by atoms with Crippen molar-refractivity contribution >= 4 is 11.8 Å². The van der Waals surface area contributed by atoms with Crippen molar-refractivity contribution in [2.75, 3.05) is 0 Å². The molecule has 19 heavy (non-hydrogen) atoms. The molecule has 1 aromatic carbocycles. The van der Waals surface area contributed by atoms with E-state index in [0.29, 0.717) is 19.3 Å². The van der Waals surface area contributed by atoms with Crippen LogP contribution in [0.5, 0.6) is 11.5 Å². The van der Waals surface area contributed by atoms with Crippen LogP contribution in [-0.4, -0.2) is 27.1 Å². The van der Waals surface area contributed by atoms with Gasteiger partial charge in [0.1, 0.15) is 11.5 Å². The third-order valence-electron chi connectivity index (χ3n) is 2.83. The number of ketones is 1. The molecule has 0 atom stereocenters. The maximum Gasteiger partial charge on any atom is 0.303 e. The van der Waals surface area contributed by atoms with E-state index in [0.717, 1.165) is 18.9 Å². The predicted molar refractivity (Wildman–Crippen MR) is 69.4 cm³/mol. The van der Waals surface area contributed by atoms with Gasteiger partial charge in [0.15, 0.2) is 5.78 Å². The second kappa shape index (κ2) is 7.41. The first-order valence-electron chi connectivity index (χ1n) is 6.27. The molecule has 1 aromatic rings. The number of benzene rings is 1. The fourth-order valence-corrected chi connectivity index (χ4v) is 1.81. The number of carboxylic acids is 1. The second-order valence-corrected chi connectivity index (χ2v) is 4.43. The van der Waals surface area contributed by atoms with Crippen LogP contribution in [0.25, 0.3) is 0 Å². The van der Waals surface area contributed by atoms with Gasteiger partial charge in [0, 0.05) is 18.9 Å². The number of Topliss-reactive ketones (excluding diaryl/α,β-unsaturated/α-hetero) is 1. The fourth-order valence-electron chi connectivity index (χ4n) is 1.81. The van der Waals surface area contributed by atoms with E-state index in [1.54, 1.807) is 0 Å². The molecule has 5 heteroatoms. The van der Waals surface area contributed by atoms with Gasteiger partial charge >= 0.3 is 5.97 Å². The summed E-state index contributed by atoms with van der Waals surface area (Å²) in [6.07, 6.45) is 3.32. The molecule has 0 aliphatic rings. The van der Waals surface area contributed by atoms with Crippen LogP contribution in [-0.2, 0) is 4.79 Å². The van der Waals surface area contributed by atoms with E-state index in [9.17, 15) is 14.7 Å². The van der Waals surface area contributed by atoms with Gasteiger partial charge in [0.05, 0.1) is 5.56 Å². The van der Waals surface area contributed by atoms with Crippen molar-refractivity contribution in [2.45, 2.75) is 38.5 Å². The van der Waals surface area contributed by atoms with Crippen LogP contribution in [0.15, 0.2) is 18.2 Å². The van der Waals surface area contributed by atoms with Crippen molar-refractivity contribution in [3.05, 3.63) is 23.8 Å². The summed E-state index contributed by atoms with van der Waals surface area (Å²) >= 11 is 0. The van der Waals surface area contributed by atoms with E-state index >= 15 is 0 Å². The highest BCUT2D eigenvalue weighted by Crippen LogP contribution is 2.24. The lowest BCUT2D eigenvalue weighted by Gasteiger charge is -2.04. The fraction of sp³-hybridized carbons (Fsp3) is 0.429. The summed E-state index contributed by atoms with van der Waals surface area (Å²) in [5.74, 6) is -1.26. The summed E-state index contributed by atoms with van der Waals surface area (Å²) in [6, 6.07) is 3.90. The van der Waals surface area contributed by atoms with Crippen molar-refractivity contribution in [1.82, 2.24) is 0 Å². The smallest absolute Gasteiger partial charge is 0.303 e. The van der Waals surface area contributed by atoms with Crippen LogP contribution in [0, 0.1) is 0 Å². The molecule has 0 saturated carbocycles. The summed E-state index contributed by atoms with van der Waals surface area (Å²) in [4.78, 5) is 22.1. The third kappa shape index (κ3) is 5.42. The minimum absolute atomic E-state index is 0.0808. The number of aliphatic carboxylic acids is 1. The highest BCUT2D eigenvalue weighted by molar-refractivity contribution is 5.98. The second-order valence-electron chi connectivity index (χ2n) is 4.43. The average Bonchev–Trinajstić information content (AvgIpc) is 2.32. The molecule has 0 aliphatic carbocycles. The Kier molecular flexibility index (Phi) is 5.85. The standard InChI is InChI=1S/C14H18O5/c15-10-7-8-11(13(17)9-10)12(16)5-3-1-2-4-6-14(18)19/h7-9,15,17H,1-6H2,(H,18,19). The highest BCUT2D eigenvalue weighted by atomic mass is 16.4. The monoisotopic (exact) mass is 266 g/mol. The topological polar surface area (TPSA) is 94.8 Å². The molecule has 0 aliphatic heterocycles. The summed E-state index contributed by atoms with van der Waals surface area (Å²) in [6.45, 7) is 0. The van der Waals surface area contributed by atoms with Gasteiger partial charge in [-0.3, -0.25) is 9.59 Å². The Bertz CT molecular complexity index is 453. The summed E-state index contributed by atoms with van der Waals surface area (Å²) in [7, 11) is 0. The van der Waals surface area contributed by atoms with Gasteiger partial charge in [-0.2, -0.15) is 0 Å². The number of rotatable bonds is 8. The zero-order chi connectivity index (χ0) is 14.3. The zero-order valence-corrected chi connectivity index (χ0v) is 10.6. The molecular weight excluding hydrogens is 248 g/mol. The van der Waals surface area contributed by atoms with Crippen molar-refractivity contribution in [1.29, 1.82) is 0 Å². The van der Waals surface area contributed by atoms with E-state index in [1.807, 2.05) is 0 Å². The Morgan fingerprint density at radius 2 is 1.58 bits per heavy atom. The van der Waals surface area contributed by atoms with Crippen LogP contribution in [0.2, 0.25) is 0 Å². The Morgan fingerprint density at radius 3 is 2.16 bits per heavy atom. The van der Waals surface area contributed by atoms with Gasteiger partial charge in [-0.1, -0.05) is 12.8 Å². The van der Waals surface area contributed by atoms with Crippen LogP contribution >= 0.6 is 0 Å². The summed E-state index contributed by atoms with van der Waals surface area (Å²) in [5.41, 5.74) is 0.211. The quantitative estimate of drug-likeness (QED) is 0.496. The van der Waals surface area contributed by atoms with Gasteiger partial charge in [-0.05, 0) is 25.0 Å². The molecule has 0 radical (unpaired) electrons. The Labute approximate surface area is 111 Å². The molecule has 3 N–H and O–H groups in total. The van der Waals surface area contributed by atoms with Gasteiger partial charge < -0.3 is 15.3 Å². The van der Waals surface area contributed by atoms with Crippen LogP contribution in [0.3, 0.4) is 0 Å². The molecule has 0 amide bonds. The van der Waals surface area contributed by atoms with Crippen LogP contribution in [0.1, 0.15) is 48.9 Å². The molecule has 104 valence electrons. The minimum atomic E-state index is -0.801. The molecule has 0 aromatic heterocycles. The lowest BCUT2D eigenvalue weighted by Crippen LogP contribution is -1.99. The Morgan fingerprint density at radius 1 is 0.947 bits per heavy atom. The van der Waals surface area contributed by atoms with Crippen molar-refractivity contribution in [2.24, 2.45) is 0 Å². The lowest BCUT2D eigenvalue weighted by molar-refractivity contribution is -0.137. The normalized spacial score (nSPS) is 10.3. The van der Waals surface area contributed by atoms with Gasteiger partial charge in [0.2, 0.25) is 0 Å². The van der Waals surface area contributed by atoms with Crippen molar-refractivity contribution in [3.63, 3.8) is 0 Å². The van der Waals surface area contributed by atoms with Gasteiger partial charge in [-0.15, -0.1) is 0 Å². The summed E-state index contributed by atoms with van der Waals surface area (Å²) < 4.78 is 0. The molecule has 1 rings (SSSR count). The Balaban J connectivity index is 2.29. The van der Waals surface area contributed by atoms with Crippen molar-refractivity contribution < 1.29 is 24.9 Å². The maximum atomic E-state index is 11.8. The lowest BCUT2D eigenvalue weighted by atomic mass is 10.0. The number of hydrogen-bond acceptors (Lipinski definition) is 4. The molecule has 0 fully saturated rings. The molecule has 0 saturated heterocycles. The zero-order valence-electron chi connectivity index (χ0n) is 10.6. The van der Waals surface area contributed by atoms with E-state index in [1.165, 1.54) is 12.1 Å². The average molecular weight is 266 g/mol. The Hall–Kier alpha value is -2.04. The molecule has 0 heterocycles. The molecule has 5 nitrogen and oxygen atoms in total. The van der Waals surface area contributed by atoms with Crippen LogP contribution in [0.4, 0.5) is 0 Å². The first-order valence-corrected chi connectivity index (χ1v) is 6.27. The van der Waals surface area contributed by atoms with E-state index in [-0.39, 0.29) is 29.3 Å². The first kappa shape index (κ1) is 15.0. The number of phenols is 2. The van der Waals surface area contributed by atoms with Crippen LogP contribution < -0.4 is 0 Å². The number of phenolic OH excluding ortho intramolecular Hbond substituents is 2. The largest absolute Gasteiger partial charge is 0.508 e. The number of unbranched alkanes of at least 4 members (excludes halogenated alkanes) is 3. The van der Waals surface area contributed by atoms with E-state index in [4.69, 9.17) is 10.2 Å². The number of carbonyl (C=O) groups is 2. The molecule has 0 unspecified atom stereocenters.